The van der Waals surface area contributed by atoms with Crippen LogP contribution < -0.4 is 4.72 Å². The molecular formula is C8H19NO3S. The van der Waals surface area contributed by atoms with Crippen molar-refractivity contribution in [2.45, 2.75) is 32.7 Å². The van der Waals surface area contributed by atoms with Gasteiger partial charge < -0.3 is 5.11 Å². The van der Waals surface area contributed by atoms with Gasteiger partial charge in [-0.1, -0.05) is 13.8 Å². The molecule has 0 spiro atoms. The van der Waals surface area contributed by atoms with Crippen molar-refractivity contribution < 1.29 is 13.5 Å². The summed E-state index contributed by atoms with van der Waals surface area (Å²) >= 11 is 0. The molecule has 0 bridgehead atoms. The minimum Gasteiger partial charge on any atom is -0.395 e. The number of aliphatic hydroxyl groups excluding tert-OH is 1. The molecule has 4 nitrogen and oxygen atoms in total. The Labute approximate surface area is 80.4 Å². The Morgan fingerprint density at radius 3 is 2.15 bits per heavy atom. The van der Waals surface area contributed by atoms with E-state index >= 15 is 0 Å². The summed E-state index contributed by atoms with van der Waals surface area (Å²) in [5, 5.41) is 8.88. The van der Waals surface area contributed by atoms with Crippen LogP contribution in [-0.2, 0) is 10.0 Å². The lowest BCUT2D eigenvalue weighted by Crippen LogP contribution is -2.36. The fourth-order valence-corrected chi connectivity index (χ4v) is 1.82. The molecule has 0 aliphatic heterocycles. The summed E-state index contributed by atoms with van der Waals surface area (Å²) in [5.74, 6) is 0.524. The predicted octanol–water partition coefficient (Wildman–Crippen LogP) is 0.333. The molecule has 0 heterocycles. The number of aliphatic hydroxyl groups is 1. The maximum Gasteiger partial charge on any atom is 0.209 e. The van der Waals surface area contributed by atoms with Crippen LogP contribution >= 0.6 is 0 Å². The monoisotopic (exact) mass is 209 g/mol. The molecule has 1 atom stereocenters. The van der Waals surface area contributed by atoms with Gasteiger partial charge in [-0.25, -0.2) is 13.1 Å². The average molecular weight is 209 g/mol. The van der Waals surface area contributed by atoms with Crippen molar-refractivity contribution in [1.82, 2.24) is 4.72 Å². The van der Waals surface area contributed by atoms with E-state index < -0.39 is 10.0 Å². The molecule has 0 rings (SSSR count). The Balaban J connectivity index is 3.91. The Morgan fingerprint density at radius 1 is 1.31 bits per heavy atom. The Kier molecular flexibility index (Phi) is 5.51. The van der Waals surface area contributed by atoms with E-state index in [0.717, 1.165) is 12.7 Å². The van der Waals surface area contributed by atoms with Crippen LogP contribution in [0.25, 0.3) is 0 Å². The highest BCUT2D eigenvalue weighted by Gasteiger charge is 2.12. The fraction of sp³-hybridized carbons (Fsp3) is 1.00. The van der Waals surface area contributed by atoms with Gasteiger partial charge in [0.1, 0.15) is 0 Å². The van der Waals surface area contributed by atoms with Gasteiger partial charge >= 0.3 is 0 Å². The zero-order valence-corrected chi connectivity index (χ0v) is 9.26. The molecule has 0 saturated carbocycles. The number of sulfonamides is 1. The van der Waals surface area contributed by atoms with E-state index in [9.17, 15) is 8.42 Å². The first-order valence-electron chi connectivity index (χ1n) is 4.43. The molecule has 13 heavy (non-hydrogen) atoms. The van der Waals surface area contributed by atoms with Gasteiger partial charge in [-0.15, -0.1) is 0 Å². The first-order chi connectivity index (χ1) is 5.85. The summed E-state index contributed by atoms with van der Waals surface area (Å²) in [5.41, 5.74) is 0. The summed E-state index contributed by atoms with van der Waals surface area (Å²) in [6.45, 7) is 3.99. The van der Waals surface area contributed by atoms with E-state index in [1.165, 1.54) is 0 Å². The van der Waals surface area contributed by atoms with E-state index in [2.05, 4.69) is 18.6 Å². The Bertz CT molecular complexity index is 224. The number of hydrogen-bond donors (Lipinski definition) is 2. The van der Waals surface area contributed by atoms with Gasteiger partial charge in [-0.2, -0.15) is 0 Å². The lowest BCUT2D eigenvalue weighted by Gasteiger charge is -2.15. The van der Waals surface area contributed by atoms with Crippen LogP contribution in [0.1, 0.15) is 26.7 Å². The maximum atomic E-state index is 10.8. The van der Waals surface area contributed by atoms with Crippen molar-refractivity contribution in [1.29, 1.82) is 0 Å². The lowest BCUT2D eigenvalue weighted by atomic mass is 10.0. The van der Waals surface area contributed by atoms with Gasteiger partial charge in [0.2, 0.25) is 10.0 Å². The summed E-state index contributed by atoms with van der Waals surface area (Å²) in [7, 11) is -3.19. The van der Waals surface area contributed by atoms with Crippen LogP contribution in [-0.4, -0.2) is 32.4 Å². The third-order valence-electron chi connectivity index (χ3n) is 1.69. The number of hydrogen-bond acceptors (Lipinski definition) is 3. The van der Waals surface area contributed by atoms with Crippen molar-refractivity contribution in [3.63, 3.8) is 0 Å². The van der Waals surface area contributed by atoms with Crippen LogP contribution in [0, 0.1) is 5.92 Å². The summed E-state index contributed by atoms with van der Waals surface area (Å²) in [6, 6.07) is -0.336. The van der Waals surface area contributed by atoms with Gasteiger partial charge in [0.05, 0.1) is 12.9 Å². The standard InChI is InChI=1S/C8H19NO3S/c1-7(2)4-5-8(6-10)9-13(3,11)12/h7-10H,4-6H2,1-3H3/t8-/m0/s1. The zero-order valence-electron chi connectivity index (χ0n) is 8.45. The SMILES string of the molecule is CC(C)CC[C@@H](CO)NS(C)(=O)=O. The van der Waals surface area contributed by atoms with Crippen molar-refractivity contribution in [3.8, 4) is 0 Å². The van der Waals surface area contributed by atoms with Gasteiger partial charge in [-0.3, -0.25) is 0 Å². The minimum absolute atomic E-state index is 0.139. The molecule has 0 aromatic rings. The molecule has 0 aliphatic rings. The van der Waals surface area contributed by atoms with Crippen LogP contribution in [0.2, 0.25) is 0 Å². The first-order valence-corrected chi connectivity index (χ1v) is 6.32. The third-order valence-corrected chi connectivity index (χ3v) is 2.46. The Hall–Kier alpha value is -0.130. The van der Waals surface area contributed by atoms with E-state index in [1.807, 2.05) is 0 Å². The summed E-state index contributed by atoms with van der Waals surface area (Å²) in [6.07, 6.45) is 2.69. The van der Waals surface area contributed by atoms with Crippen LogP contribution in [0.4, 0.5) is 0 Å². The molecule has 0 amide bonds. The Morgan fingerprint density at radius 2 is 1.85 bits per heavy atom. The van der Waals surface area contributed by atoms with Crippen LogP contribution in [0.3, 0.4) is 0 Å². The summed E-state index contributed by atoms with van der Waals surface area (Å²) in [4.78, 5) is 0. The summed E-state index contributed by atoms with van der Waals surface area (Å²) < 4.78 is 24.0. The molecule has 0 aromatic heterocycles. The second kappa shape index (κ2) is 5.57. The highest BCUT2D eigenvalue weighted by Crippen LogP contribution is 2.06. The van der Waals surface area contributed by atoms with E-state index in [4.69, 9.17) is 5.11 Å². The van der Waals surface area contributed by atoms with Crippen LogP contribution in [0.15, 0.2) is 0 Å². The smallest absolute Gasteiger partial charge is 0.209 e. The van der Waals surface area contributed by atoms with Crippen molar-refractivity contribution in [2.75, 3.05) is 12.9 Å². The topological polar surface area (TPSA) is 66.4 Å². The second-order valence-corrected chi connectivity index (χ2v) is 5.52. The number of nitrogens with one attached hydrogen (secondary N) is 1. The lowest BCUT2D eigenvalue weighted by molar-refractivity contribution is 0.245. The molecule has 0 unspecified atom stereocenters. The predicted molar refractivity (Wildman–Crippen MR) is 52.9 cm³/mol. The van der Waals surface area contributed by atoms with Crippen molar-refractivity contribution in [2.24, 2.45) is 5.92 Å². The molecule has 0 aliphatic carbocycles. The van der Waals surface area contributed by atoms with Crippen molar-refractivity contribution >= 4 is 10.0 Å². The molecule has 0 fully saturated rings. The van der Waals surface area contributed by atoms with Gasteiger partial charge in [-0.05, 0) is 18.8 Å². The highest BCUT2D eigenvalue weighted by molar-refractivity contribution is 7.88. The normalized spacial score (nSPS) is 14.8. The number of rotatable bonds is 6. The maximum absolute atomic E-state index is 10.8. The first kappa shape index (κ1) is 12.9. The van der Waals surface area contributed by atoms with E-state index in [0.29, 0.717) is 12.3 Å². The van der Waals surface area contributed by atoms with E-state index in [-0.39, 0.29) is 12.6 Å². The van der Waals surface area contributed by atoms with E-state index in [1.54, 1.807) is 0 Å². The second-order valence-electron chi connectivity index (χ2n) is 3.74. The van der Waals surface area contributed by atoms with Crippen molar-refractivity contribution in [3.05, 3.63) is 0 Å². The molecule has 0 saturated heterocycles. The van der Waals surface area contributed by atoms with Crippen LogP contribution in [0.5, 0.6) is 0 Å². The molecule has 5 heteroatoms. The molecule has 0 radical (unpaired) electrons. The largest absolute Gasteiger partial charge is 0.395 e. The average Bonchev–Trinajstić information content (AvgIpc) is 1.95. The van der Waals surface area contributed by atoms with Gasteiger partial charge in [0.15, 0.2) is 0 Å². The van der Waals surface area contributed by atoms with Gasteiger partial charge in [0, 0.05) is 6.04 Å². The molecule has 2 N–H and O–H groups in total. The minimum atomic E-state index is -3.19. The molecular weight excluding hydrogens is 190 g/mol. The molecule has 0 aromatic carbocycles. The highest BCUT2D eigenvalue weighted by atomic mass is 32.2. The third kappa shape index (κ3) is 8.21. The quantitative estimate of drug-likeness (QED) is 0.662. The van der Waals surface area contributed by atoms with Gasteiger partial charge in [0.25, 0.3) is 0 Å². The zero-order chi connectivity index (χ0) is 10.5. The fourth-order valence-electron chi connectivity index (χ4n) is 1.02. The molecule has 80 valence electrons.